The number of hydrogen-bond donors (Lipinski definition) is 1. The van der Waals surface area contributed by atoms with E-state index in [1.807, 2.05) is 45.0 Å². The molecule has 0 fully saturated rings. The maximum atomic E-state index is 13.5. The Balaban J connectivity index is 2.12. The summed E-state index contributed by atoms with van der Waals surface area (Å²) in [5.41, 5.74) is 1.61. The van der Waals surface area contributed by atoms with Crippen LogP contribution < -0.4 is 10.9 Å². The lowest BCUT2D eigenvalue weighted by molar-refractivity contribution is 0.101. The molecule has 3 aromatic rings. The number of rotatable bonds is 3. The third-order valence-electron chi connectivity index (χ3n) is 4.07. The molecular formula is C20H19FN2O2. The van der Waals surface area contributed by atoms with Crippen molar-refractivity contribution >= 4 is 22.4 Å². The molecule has 1 aromatic heterocycles. The van der Waals surface area contributed by atoms with Crippen LogP contribution in [0, 0.1) is 12.7 Å². The van der Waals surface area contributed by atoms with Gasteiger partial charge in [-0.1, -0.05) is 23.8 Å². The summed E-state index contributed by atoms with van der Waals surface area (Å²) in [6.07, 6.45) is 0. The Morgan fingerprint density at radius 1 is 1.08 bits per heavy atom. The standard InChI is InChI=1S/C20H19FN2O2/c1-12(2)23-18(19(24)22-16-8-4-13(3)5-9-16)10-14-6-7-15(21)11-17(14)20(23)25/h4-12H,1-3H3,(H,22,24). The van der Waals surface area contributed by atoms with Crippen LogP contribution in [0.1, 0.15) is 35.9 Å². The van der Waals surface area contributed by atoms with Crippen LogP contribution in [0.25, 0.3) is 10.8 Å². The van der Waals surface area contributed by atoms with E-state index in [4.69, 9.17) is 0 Å². The second kappa shape index (κ2) is 6.51. The minimum Gasteiger partial charge on any atom is -0.321 e. The molecule has 0 aliphatic rings. The van der Waals surface area contributed by atoms with Crippen molar-refractivity contribution in [2.75, 3.05) is 5.32 Å². The number of nitrogens with zero attached hydrogens (tertiary/aromatic N) is 1. The summed E-state index contributed by atoms with van der Waals surface area (Å²) < 4.78 is 14.9. The Morgan fingerprint density at radius 2 is 1.76 bits per heavy atom. The van der Waals surface area contributed by atoms with E-state index >= 15 is 0 Å². The quantitative estimate of drug-likeness (QED) is 0.775. The molecule has 0 spiro atoms. The first-order valence-corrected chi connectivity index (χ1v) is 8.09. The third-order valence-corrected chi connectivity index (χ3v) is 4.07. The molecule has 0 saturated heterocycles. The van der Waals surface area contributed by atoms with Gasteiger partial charge in [-0.05, 0) is 56.5 Å². The van der Waals surface area contributed by atoms with Crippen molar-refractivity contribution < 1.29 is 9.18 Å². The predicted octanol–water partition coefficient (Wildman–Crippen LogP) is 4.28. The predicted molar refractivity (Wildman–Crippen MR) is 97.7 cm³/mol. The number of aromatic nitrogens is 1. The molecule has 0 unspecified atom stereocenters. The zero-order valence-corrected chi connectivity index (χ0v) is 14.3. The largest absolute Gasteiger partial charge is 0.321 e. The molecule has 5 heteroatoms. The van der Waals surface area contributed by atoms with Crippen molar-refractivity contribution in [3.05, 3.63) is 76.0 Å². The smallest absolute Gasteiger partial charge is 0.272 e. The average molecular weight is 338 g/mol. The Morgan fingerprint density at radius 3 is 2.40 bits per heavy atom. The first kappa shape index (κ1) is 16.9. The zero-order valence-electron chi connectivity index (χ0n) is 14.3. The van der Waals surface area contributed by atoms with Gasteiger partial charge in [0.1, 0.15) is 11.5 Å². The van der Waals surface area contributed by atoms with E-state index in [1.54, 1.807) is 6.07 Å². The second-order valence-electron chi connectivity index (χ2n) is 6.35. The van der Waals surface area contributed by atoms with Crippen molar-refractivity contribution in [1.29, 1.82) is 0 Å². The number of fused-ring (bicyclic) bond motifs is 1. The molecule has 128 valence electrons. The summed E-state index contributed by atoms with van der Waals surface area (Å²) in [5.74, 6) is -0.849. The molecule has 0 bridgehead atoms. The van der Waals surface area contributed by atoms with Gasteiger partial charge in [-0.25, -0.2) is 4.39 Å². The molecule has 3 rings (SSSR count). The number of benzene rings is 2. The second-order valence-corrected chi connectivity index (χ2v) is 6.35. The number of aryl methyl sites for hydroxylation is 1. The lowest BCUT2D eigenvalue weighted by atomic mass is 10.1. The van der Waals surface area contributed by atoms with Crippen LogP contribution in [-0.2, 0) is 0 Å². The highest BCUT2D eigenvalue weighted by atomic mass is 19.1. The summed E-state index contributed by atoms with van der Waals surface area (Å²) in [4.78, 5) is 25.5. The van der Waals surface area contributed by atoms with Crippen LogP contribution in [0.15, 0.2) is 53.3 Å². The van der Waals surface area contributed by atoms with E-state index < -0.39 is 5.82 Å². The van der Waals surface area contributed by atoms with Gasteiger partial charge in [-0.15, -0.1) is 0 Å². The number of halogens is 1. The van der Waals surface area contributed by atoms with Crippen LogP contribution in [0.4, 0.5) is 10.1 Å². The fourth-order valence-corrected chi connectivity index (χ4v) is 2.82. The fraction of sp³-hybridized carbons (Fsp3) is 0.200. The third kappa shape index (κ3) is 3.31. The van der Waals surface area contributed by atoms with Crippen LogP contribution >= 0.6 is 0 Å². The van der Waals surface area contributed by atoms with Crippen molar-refractivity contribution in [2.45, 2.75) is 26.8 Å². The van der Waals surface area contributed by atoms with Crippen molar-refractivity contribution in [3.63, 3.8) is 0 Å². The molecule has 0 atom stereocenters. The molecular weight excluding hydrogens is 319 g/mol. The van der Waals surface area contributed by atoms with Crippen molar-refractivity contribution in [2.24, 2.45) is 0 Å². The number of carbonyl (C=O) groups excluding carboxylic acids is 1. The summed E-state index contributed by atoms with van der Waals surface area (Å²) in [7, 11) is 0. The van der Waals surface area contributed by atoms with E-state index in [0.29, 0.717) is 11.1 Å². The van der Waals surface area contributed by atoms with Crippen LogP contribution in [-0.4, -0.2) is 10.5 Å². The van der Waals surface area contributed by atoms with E-state index in [2.05, 4.69) is 5.32 Å². The minimum atomic E-state index is -0.475. The summed E-state index contributed by atoms with van der Waals surface area (Å²) >= 11 is 0. The molecule has 0 aliphatic heterocycles. The van der Waals surface area contributed by atoms with E-state index in [9.17, 15) is 14.0 Å². The van der Waals surface area contributed by atoms with Gasteiger partial charge in [0.15, 0.2) is 0 Å². The normalized spacial score (nSPS) is 11.1. The highest BCUT2D eigenvalue weighted by Gasteiger charge is 2.18. The number of pyridine rings is 1. The first-order valence-electron chi connectivity index (χ1n) is 8.09. The molecule has 2 aromatic carbocycles. The number of hydrogen-bond acceptors (Lipinski definition) is 2. The van der Waals surface area contributed by atoms with Crippen LogP contribution in [0.2, 0.25) is 0 Å². The van der Waals surface area contributed by atoms with Gasteiger partial charge in [0, 0.05) is 11.7 Å². The minimum absolute atomic E-state index is 0.237. The highest BCUT2D eigenvalue weighted by Crippen LogP contribution is 2.18. The summed E-state index contributed by atoms with van der Waals surface area (Å²) in [6, 6.07) is 12.8. The molecule has 0 aliphatic carbocycles. The van der Waals surface area contributed by atoms with E-state index in [1.165, 1.54) is 22.8 Å². The molecule has 25 heavy (non-hydrogen) atoms. The Bertz CT molecular complexity index is 1000. The fourth-order valence-electron chi connectivity index (χ4n) is 2.82. The Labute approximate surface area is 144 Å². The van der Waals surface area contributed by atoms with Gasteiger partial charge in [0.2, 0.25) is 0 Å². The van der Waals surface area contributed by atoms with Crippen molar-refractivity contribution in [3.8, 4) is 0 Å². The van der Waals surface area contributed by atoms with Gasteiger partial charge in [-0.3, -0.25) is 9.59 Å². The van der Waals surface area contributed by atoms with E-state index in [0.717, 1.165) is 5.56 Å². The van der Waals surface area contributed by atoms with Gasteiger partial charge in [0.05, 0.1) is 5.39 Å². The van der Waals surface area contributed by atoms with Gasteiger partial charge in [-0.2, -0.15) is 0 Å². The monoisotopic (exact) mass is 338 g/mol. The summed E-state index contributed by atoms with van der Waals surface area (Å²) in [6.45, 7) is 5.59. The molecule has 1 amide bonds. The molecule has 0 radical (unpaired) electrons. The maximum absolute atomic E-state index is 13.5. The van der Waals surface area contributed by atoms with Crippen molar-refractivity contribution in [1.82, 2.24) is 4.57 Å². The highest BCUT2D eigenvalue weighted by molar-refractivity contribution is 6.05. The maximum Gasteiger partial charge on any atom is 0.272 e. The van der Waals surface area contributed by atoms with Gasteiger partial charge < -0.3 is 9.88 Å². The topological polar surface area (TPSA) is 51.1 Å². The lowest BCUT2D eigenvalue weighted by Gasteiger charge is -2.17. The van der Waals surface area contributed by atoms with E-state index in [-0.39, 0.29) is 28.6 Å². The summed E-state index contributed by atoms with van der Waals surface area (Å²) in [5, 5.41) is 3.61. The number of anilines is 1. The Hall–Kier alpha value is -2.95. The van der Waals surface area contributed by atoms with Crippen LogP contribution in [0.5, 0.6) is 0 Å². The lowest BCUT2D eigenvalue weighted by Crippen LogP contribution is -2.30. The number of carbonyl (C=O) groups is 1. The molecule has 1 heterocycles. The molecule has 0 saturated carbocycles. The Kier molecular flexibility index (Phi) is 4.40. The van der Waals surface area contributed by atoms with Crippen LogP contribution in [0.3, 0.4) is 0 Å². The first-order chi connectivity index (χ1) is 11.9. The van der Waals surface area contributed by atoms with Gasteiger partial charge in [0.25, 0.3) is 11.5 Å². The molecule has 4 nitrogen and oxygen atoms in total. The molecule has 1 N–H and O–H groups in total. The number of nitrogens with one attached hydrogen (secondary N) is 1. The SMILES string of the molecule is Cc1ccc(NC(=O)c2cc3ccc(F)cc3c(=O)n2C(C)C)cc1. The van der Waals surface area contributed by atoms with Gasteiger partial charge >= 0.3 is 0 Å². The number of amides is 1. The zero-order chi connectivity index (χ0) is 18.1. The average Bonchev–Trinajstić information content (AvgIpc) is 2.57.